The summed E-state index contributed by atoms with van der Waals surface area (Å²) in [6.45, 7) is 2.98. The van der Waals surface area contributed by atoms with Gasteiger partial charge < -0.3 is 10.6 Å². The zero-order chi connectivity index (χ0) is 15.3. The third-order valence-corrected chi connectivity index (χ3v) is 5.35. The van der Waals surface area contributed by atoms with Crippen LogP contribution in [0.25, 0.3) is 0 Å². The molecule has 0 radical (unpaired) electrons. The van der Waals surface area contributed by atoms with E-state index in [1.54, 1.807) is 12.1 Å². The van der Waals surface area contributed by atoms with E-state index in [-0.39, 0.29) is 23.5 Å². The predicted molar refractivity (Wildman–Crippen MR) is 84.4 cm³/mol. The Balaban J connectivity index is 1.94. The molecule has 1 atom stereocenters. The minimum atomic E-state index is -3.00. The maximum absolute atomic E-state index is 12.1. The Kier molecular flexibility index (Phi) is 5.22. The summed E-state index contributed by atoms with van der Waals surface area (Å²) < 4.78 is 23.1. The monoisotopic (exact) mass is 310 g/mol. The second-order valence-electron chi connectivity index (χ2n) is 5.43. The van der Waals surface area contributed by atoms with Crippen LogP contribution < -0.4 is 10.6 Å². The highest BCUT2D eigenvalue weighted by Gasteiger charge is 2.26. The molecular formula is C15H22N2O3S. The number of carbonyl (C=O) groups excluding carboxylic acids is 1. The van der Waals surface area contributed by atoms with Crippen LogP contribution in [-0.4, -0.2) is 38.4 Å². The highest BCUT2D eigenvalue weighted by molar-refractivity contribution is 7.91. The molecule has 1 fully saturated rings. The molecule has 0 spiro atoms. The normalized spacial score (nSPS) is 20.7. The number of sulfone groups is 1. The number of carbonyl (C=O) groups is 1. The topological polar surface area (TPSA) is 75.3 Å². The van der Waals surface area contributed by atoms with Gasteiger partial charge in [0.05, 0.1) is 11.5 Å². The zero-order valence-corrected chi connectivity index (χ0v) is 13.1. The Morgan fingerprint density at radius 3 is 2.62 bits per heavy atom. The summed E-state index contributed by atoms with van der Waals surface area (Å²) in [6, 6.07) is 6.97. The van der Waals surface area contributed by atoms with Gasteiger partial charge in [-0.25, -0.2) is 8.42 Å². The van der Waals surface area contributed by atoms with Crippen LogP contribution in [-0.2, 0) is 9.84 Å². The molecule has 1 aliphatic rings. The van der Waals surface area contributed by atoms with Crippen molar-refractivity contribution in [2.45, 2.75) is 32.2 Å². The lowest BCUT2D eigenvalue weighted by Gasteiger charge is -2.23. The van der Waals surface area contributed by atoms with Crippen LogP contribution in [0.3, 0.4) is 0 Å². The summed E-state index contributed by atoms with van der Waals surface area (Å²) in [5, 5.41) is 6.06. The molecule has 1 aromatic carbocycles. The van der Waals surface area contributed by atoms with Crippen LogP contribution in [0.2, 0.25) is 0 Å². The molecule has 116 valence electrons. The first-order valence-corrected chi connectivity index (χ1v) is 9.17. The Bertz CT molecular complexity index is 581. The number of nitrogens with one attached hydrogen (secondary N) is 2. The third-order valence-electron chi connectivity index (χ3n) is 3.52. The molecular weight excluding hydrogens is 288 g/mol. The van der Waals surface area contributed by atoms with E-state index in [0.29, 0.717) is 12.0 Å². The van der Waals surface area contributed by atoms with E-state index in [2.05, 4.69) is 17.6 Å². The lowest BCUT2D eigenvalue weighted by atomic mass is 10.1. The van der Waals surface area contributed by atoms with E-state index >= 15 is 0 Å². The smallest absolute Gasteiger partial charge is 0.251 e. The summed E-state index contributed by atoms with van der Waals surface area (Å²) in [5.74, 6) is 0.0746. The predicted octanol–water partition coefficient (Wildman–Crippen LogP) is 1.82. The average molecular weight is 310 g/mol. The second kappa shape index (κ2) is 6.93. The first-order valence-electron chi connectivity index (χ1n) is 7.35. The summed E-state index contributed by atoms with van der Waals surface area (Å²) in [5.41, 5.74) is 1.54. The number of hydrogen-bond acceptors (Lipinski definition) is 4. The third kappa shape index (κ3) is 4.74. The van der Waals surface area contributed by atoms with Crippen LogP contribution in [0.4, 0.5) is 5.69 Å². The van der Waals surface area contributed by atoms with Crippen molar-refractivity contribution in [3.8, 4) is 0 Å². The minimum Gasteiger partial charge on any atom is -0.385 e. The van der Waals surface area contributed by atoms with Crippen molar-refractivity contribution in [3.05, 3.63) is 29.8 Å². The van der Waals surface area contributed by atoms with E-state index in [9.17, 15) is 13.2 Å². The molecule has 1 saturated heterocycles. The Morgan fingerprint density at radius 2 is 2.00 bits per heavy atom. The first-order chi connectivity index (χ1) is 10.00. The van der Waals surface area contributed by atoms with Gasteiger partial charge in [-0.15, -0.1) is 0 Å². The molecule has 2 N–H and O–H groups in total. The van der Waals surface area contributed by atoms with Gasteiger partial charge in [0.1, 0.15) is 0 Å². The second-order valence-corrected chi connectivity index (χ2v) is 7.66. The van der Waals surface area contributed by atoms with E-state index in [0.717, 1.165) is 25.1 Å². The average Bonchev–Trinajstić information content (AvgIpc) is 2.44. The van der Waals surface area contributed by atoms with Crippen molar-refractivity contribution in [1.29, 1.82) is 0 Å². The number of benzene rings is 1. The quantitative estimate of drug-likeness (QED) is 0.870. The van der Waals surface area contributed by atoms with Gasteiger partial charge in [-0.05, 0) is 43.5 Å². The fraction of sp³-hybridized carbons (Fsp3) is 0.533. The maximum atomic E-state index is 12.1. The minimum absolute atomic E-state index is 0.0505. The van der Waals surface area contributed by atoms with E-state index in [1.807, 2.05) is 12.1 Å². The molecule has 1 aromatic rings. The number of hydrogen-bond donors (Lipinski definition) is 2. The first kappa shape index (κ1) is 15.8. The molecule has 0 saturated carbocycles. The van der Waals surface area contributed by atoms with Crippen LogP contribution in [0.5, 0.6) is 0 Å². The van der Waals surface area contributed by atoms with Crippen molar-refractivity contribution in [2.24, 2.45) is 0 Å². The molecule has 2 rings (SSSR count). The van der Waals surface area contributed by atoms with Gasteiger partial charge in [0.25, 0.3) is 5.91 Å². The lowest BCUT2D eigenvalue weighted by molar-refractivity contribution is 0.0938. The van der Waals surface area contributed by atoms with Crippen molar-refractivity contribution >= 4 is 21.4 Å². The lowest BCUT2D eigenvalue weighted by Crippen LogP contribution is -2.43. The van der Waals surface area contributed by atoms with Gasteiger partial charge in [-0.2, -0.15) is 0 Å². The van der Waals surface area contributed by atoms with E-state index in [4.69, 9.17) is 0 Å². The van der Waals surface area contributed by atoms with Crippen LogP contribution in [0, 0.1) is 0 Å². The Morgan fingerprint density at radius 1 is 1.29 bits per heavy atom. The molecule has 5 nitrogen and oxygen atoms in total. The van der Waals surface area contributed by atoms with Gasteiger partial charge in [-0.1, -0.05) is 6.92 Å². The van der Waals surface area contributed by atoms with Crippen molar-refractivity contribution in [1.82, 2.24) is 5.32 Å². The van der Waals surface area contributed by atoms with Crippen molar-refractivity contribution < 1.29 is 13.2 Å². The van der Waals surface area contributed by atoms with Crippen LogP contribution in [0.15, 0.2) is 24.3 Å². The molecule has 1 aliphatic heterocycles. The SMILES string of the molecule is CCCNc1ccc(C(=O)NC2CCCS(=O)(=O)C2)cc1. The van der Waals surface area contributed by atoms with Gasteiger partial charge in [0.2, 0.25) is 0 Å². The molecule has 21 heavy (non-hydrogen) atoms. The zero-order valence-electron chi connectivity index (χ0n) is 12.3. The van der Waals surface area contributed by atoms with Crippen LogP contribution >= 0.6 is 0 Å². The standard InChI is InChI=1S/C15H22N2O3S/c1-2-9-16-13-7-5-12(6-8-13)15(18)17-14-4-3-10-21(19,20)11-14/h5-8,14,16H,2-4,9-11H2,1H3,(H,17,18). The fourth-order valence-corrected chi connectivity index (χ4v) is 4.05. The fourth-order valence-electron chi connectivity index (χ4n) is 2.41. The largest absolute Gasteiger partial charge is 0.385 e. The summed E-state index contributed by atoms with van der Waals surface area (Å²) >= 11 is 0. The maximum Gasteiger partial charge on any atom is 0.251 e. The molecule has 0 aliphatic carbocycles. The van der Waals surface area contributed by atoms with Crippen molar-refractivity contribution in [2.75, 3.05) is 23.4 Å². The van der Waals surface area contributed by atoms with Gasteiger partial charge in [-0.3, -0.25) is 4.79 Å². The highest BCUT2D eigenvalue weighted by atomic mass is 32.2. The Hall–Kier alpha value is -1.56. The highest BCUT2D eigenvalue weighted by Crippen LogP contribution is 2.14. The molecule has 1 amide bonds. The van der Waals surface area contributed by atoms with Gasteiger partial charge in [0.15, 0.2) is 9.84 Å². The van der Waals surface area contributed by atoms with Gasteiger partial charge >= 0.3 is 0 Å². The summed E-state index contributed by atoms with van der Waals surface area (Å²) in [7, 11) is -3.00. The van der Waals surface area contributed by atoms with Crippen molar-refractivity contribution in [3.63, 3.8) is 0 Å². The summed E-state index contributed by atoms with van der Waals surface area (Å²) in [6.07, 6.45) is 2.38. The molecule has 6 heteroatoms. The van der Waals surface area contributed by atoms with Crippen LogP contribution in [0.1, 0.15) is 36.5 Å². The number of rotatable bonds is 5. The van der Waals surface area contributed by atoms with Gasteiger partial charge in [0, 0.05) is 23.8 Å². The molecule has 1 unspecified atom stereocenters. The summed E-state index contributed by atoms with van der Waals surface area (Å²) in [4.78, 5) is 12.1. The molecule has 0 aromatic heterocycles. The molecule has 0 bridgehead atoms. The molecule has 1 heterocycles. The van der Waals surface area contributed by atoms with E-state index in [1.165, 1.54) is 0 Å². The number of anilines is 1. The Labute approximate surface area is 126 Å². The van der Waals surface area contributed by atoms with E-state index < -0.39 is 9.84 Å². The number of amides is 1.